The summed E-state index contributed by atoms with van der Waals surface area (Å²) in [6.07, 6.45) is 3.40. The number of nitrogens with zero attached hydrogens (tertiary/aromatic N) is 1. The van der Waals surface area contributed by atoms with Crippen LogP contribution in [0.2, 0.25) is 0 Å². The van der Waals surface area contributed by atoms with Crippen LogP contribution in [0.4, 0.5) is 15.9 Å². The molecule has 4 rings (SSSR count). The Hall–Kier alpha value is -3.67. The molecular formula is C21H17FN4O. The molecule has 2 heterocycles. The number of benzene rings is 2. The molecule has 0 spiro atoms. The van der Waals surface area contributed by atoms with Crippen molar-refractivity contribution in [3.8, 4) is 0 Å². The fraction of sp³-hybridized carbons (Fsp3) is 0.0476. The Morgan fingerprint density at radius 3 is 2.78 bits per heavy atom. The smallest absolute Gasteiger partial charge is 0.255 e. The molecule has 2 aromatic carbocycles. The Bertz CT molecular complexity index is 1090. The minimum Gasteiger partial charge on any atom is -0.366 e. The number of pyridine rings is 1. The Morgan fingerprint density at radius 1 is 1.07 bits per heavy atom. The van der Waals surface area contributed by atoms with Crippen LogP contribution < -0.4 is 10.6 Å². The van der Waals surface area contributed by atoms with E-state index in [-0.39, 0.29) is 11.7 Å². The summed E-state index contributed by atoms with van der Waals surface area (Å²) in [4.78, 5) is 19.8. The molecule has 0 aliphatic carbocycles. The molecule has 0 saturated carbocycles. The maximum atomic E-state index is 13.6. The zero-order valence-electron chi connectivity index (χ0n) is 14.4. The monoisotopic (exact) mass is 360 g/mol. The normalized spacial score (nSPS) is 10.7. The lowest BCUT2D eigenvalue weighted by Crippen LogP contribution is -2.12. The molecule has 0 saturated heterocycles. The predicted molar refractivity (Wildman–Crippen MR) is 104 cm³/mol. The molecule has 5 nitrogen and oxygen atoms in total. The Labute approximate surface area is 155 Å². The van der Waals surface area contributed by atoms with Crippen LogP contribution in [0.5, 0.6) is 0 Å². The molecule has 0 atom stereocenters. The largest absolute Gasteiger partial charge is 0.366 e. The molecule has 1 amide bonds. The fourth-order valence-corrected chi connectivity index (χ4v) is 2.79. The first-order chi connectivity index (χ1) is 13.2. The Balaban J connectivity index is 1.39. The topological polar surface area (TPSA) is 69.8 Å². The summed E-state index contributed by atoms with van der Waals surface area (Å²) in [5.74, 6) is 0.136. The third-order valence-electron chi connectivity index (χ3n) is 4.26. The quantitative estimate of drug-likeness (QED) is 0.488. The number of carbonyl (C=O) groups excluding carboxylic acids is 1. The van der Waals surface area contributed by atoms with E-state index in [1.54, 1.807) is 42.6 Å². The van der Waals surface area contributed by atoms with Gasteiger partial charge >= 0.3 is 0 Å². The van der Waals surface area contributed by atoms with E-state index in [2.05, 4.69) is 20.6 Å². The van der Waals surface area contributed by atoms with Crippen molar-refractivity contribution < 1.29 is 9.18 Å². The van der Waals surface area contributed by atoms with Crippen molar-refractivity contribution in [3.05, 3.63) is 90.0 Å². The van der Waals surface area contributed by atoms with E-state index in [4.69, 9.17) is 0 Å². The van der Waals surface area contributed by atoms with E-state index >= 15 is 0 Å². The lowest BCUT2D eigenvalue weighted by Gasteiger charge is -2.09. The van der Waals surface area contributed by atoms with Crippen LogP contribution in [-0.4, -0.2) is 15.9 Å². The highest BCUT2D eigenvalue weighted by molar-refractivity contribution is 6.06. The van der Waals surface area contributed by atoms with Crippen molar-refractivity contribution in [1.29, 1.82) is 0 Å². The summed E-state index contributed by atoms with van der Waals surface area (Å²) in [5, 5.41) is 6.94. The van der Waals surface area contributed by atoms with Crippen molar-refractivity contribution >= 4 is 28.3 Å². The Morgan fingerprint density at radius 2 is 1.96 bits per heavy atom. The summed E-state index contributed by atoms with van der Waals surface area (Å²) < 4.78 is 13.6. The highest BCUT2D eigenvalue weighted by Gasteiger charge is 2.08. The van der Waals surface area contributed by atoms with Gasteiger partial charge in [0, 0.05) is 29.4 Å². The highest BCUT2D eigenvalue weighted by Crippen LogP contribution is 2.17. The first kappa shape index (κ1) is 16.8. The summed E-state index contributed by atoms with van der Waals surface area (Å²) >= 11 is 0. The van der Waals surface area contributed by atoms with Crippen molar-refractivity contribution in [2.24, 2.45) is 0 Å². The van der Waals surface area contributed by atoms with Gasteiger partial charge in [0.05, 0.1) is 11.9 Å². The second-order valence-corrected chi connectivity index (χ2v) is 6.11. The van der Waals surface area contributed by atoms with Gasteiger partial charge in [0.1, 0.15) is 11.6 Å². The van der Waals surface area contributed by atoms with Crippen LogP contribution in [0, 0.1) is 5.82 Å². The van der Waals surface area contributed by atoms with E-state index in [0.717, 1.165) is 10.9 Å². The molecule has 0 fully saturated rings. The van der Waals surface area contributed by atoms with Gasteiger partial charge in [-0.25, -0.2) is 9.37 Å². The van der Waals surface area contributed by atoms with Crippen molar-refractivity contribution in [2.75, 3.05) is 10.6 Å². The highest BCUT2D eigenvalue weighted by atomic mass is 19.1. The van der Waals surface area contributed by atoms with Gasteiger partial charge in [-0.2, -0.15) is 0 Å². The zero-order valence-corrected chi connectivity index (χ0v) is 14.4. The molecule has 4 aromatic rings. The molecule has 3 N–H and O–H groups in total. The van der Waals surface area contributed by atoms with Gasteiger partial charge in [-0.05, 0) is 41.8 Å². The van der Waals surface area contributed by atoms with Gasteiger partial charge in [0.25, 0.3) is 5.91 Å². The van der Waals surface area contributed by atoms with Gasteiger partial charge in [0.2, 0.25) is 0 Å². The number of halogens is 1. The maximum Gasteiger partial charge on any atom is 0.255 e. The second-order valence-electron chi connectivity index (χ2n) is 6.11. The molecule has 0 aliphatic rings. The number of carbonyl (C=O) groups is 1. The van der Waals surface area contributed by atoms with Crippen molar-refractivity contribution in [2.45, 2.75) is 6.54 Å². The second kappa shape index (κ2) is 7.29. The summed E-state index contributed by atoms with van der Waals surface area (Å²) in [6, 6.07) is 17.5. The molecule has 0 aliphatic heterocycles. The van der Waals surface area contributed by atoms with E-state index < -0.39 is 0 Å². The van der Waals surface area contributed by atoms with E-state index in [1.807, 2.05) is 24.4 Å². The average Bonchev–Trinajstić information content (AvgIpc) is 3.16. The SMILES string of the molecule is O=C(Nc1ccc(NCc2ccccc2F)nc1)c1ccc2cc[nH]c2c1. The minimum atomic E-state index is -0.257. The van der Waals surface area contributed by atoms with Crippen LogP contribution in [0.15, 0.2) is 73.1 Å². The standard InChI is InChI=1S/C21H17FN4O/c22-18-4-2-1-3-16(18)12-24-20-8-7-17(13-25-20)26-21(27)15-6-5-14-9-10-23-19(14)11-15/h1-11,13,23H,12H2,(H,24,25)(H,26,27). The summed E-state index contributed by atoms with van der Waals surface area (Å²) in [7, 11) is 0. The van der Waals surface area contributed by atoms with Gasteiger partial charge in [-0.3, -0.25) is 4.79 Å². The summed E-state index contributed by atoms with van der Waals surface area (Å²) in [5.41, 5.74) is 2.62. The molecule has 0 bridgehead atoms. The number of hydrogen-bond acceptors (Lipinski definition) is 3. The van der Waals surface area contributed by atoms with Gasteiger partial charge in [-0.1, -0.05) is 24.3 Å². The number of H-pyrrole nitrogens is 1. The molecule has 0 unspecified atom stereocenters. The van der Waals surface area contributed by atoms with Gasteiger partial charge in [0.15, 0.2) is 0 Å². The third kappa shape index (κ3) is 3.79. The van der Waals surface area contributed by atoms with Gasteiger partial charge in [-0.15, -0.1) is 0 Å². The van der Waals surface area contributed by atoms with E-state index in [0.29, 0.717) is 29.2 Å². The number of amides is 1. The number of fused-ring (bicyclic) bond motifs is 1. The molecule has 6 heteroatoms. The molecule has 27 heavy (non-hydrogen) atoms. The number of rotatable bonds is 5. The van der Waals surface area contributed by atoms with E-state index in [9.17, 15) is 9.18 Å². The fourth-order valence-electron chi connectivity index (χ4n) is 2.79. The first-order valence-electron chi connectivity index (χ1n) is 8.51. The average molecular weight is 360 g/mol. The number of hydrogen-bond donors (Lipinski definition) is 3. The number of aromatic amines is 1. The predicted octanol–water partition coefficient (Wildman–Crippen LogP) is 4.57. The van der Waals surface area contributed by atoms with Crippen molar-refractivity contribution in [3.63, 3.8) is 0 Å². The molecule has 2 aromatic heterocycles. The Kier molecular flexibility index (Phi) is 4.53. The van der Waals surface area contributed by atoms with Crippen LogP contribution in [0.1, 0.15) is 15.9 Å². The van der Waals surface area contributed by atoms with Crippen LogP contribution in [0.25, 0.3) is 10.9 Å². The lowest BCUT2D eigenvalue weighted by molar-refractivity contribution is 0.102. The first-order valence-corrected chi connectivity index (χ1v) is 8.51. The minimum absolute atomic E-state index is 0.208. The number of anilines is 2. The number of aromatic nitrogens is 2. The van der Waals surface area contributed by atoms with Crippen LogP contribution in [0.3, 0.4) is 0 Å². The molecule has 134 valence electrons. The van der Waals surface area contributed by atoms with Crippen LogP contribution in [-0.2, 0) is 6.54 Å². The maximum absolute atomic E-state index is 13.6. The lowest BCUT2D eigenvalue weighted by atomic mass is 10.1. The van der Waals surface area contributed by atoms with Crippen LogP contribution >= 0.6 is 0 Å². The molecular weight excluding hydrogens is 343 g/mol. The van der Waals surface area contributed by atoms with E-state index in [1.165, 1.54) is 6.07 Å². The van der Waals surface area contributed by atoms with Gasteiger partial charge < -0.3 is 15.6 Å². The third-order valence-corrected chi connectivity index (χ3v) is 4.26. The number of nitrogens with one attached hydrogen (secondary N) is 3. The van der Waals surface area contributed by atoms with Crippen molar-refractivity contribution in [1.82, 2.24) is 9.97 Å². The zero-order chi connectivity index (χ0) is 18.6. The molecule has 0 radical (unpaired) electrons. The summed E-state index contributed by atoms with van der Waals surface area (Å²) in [6.45, 7) is 0.335.